The second kappa shape index (κ2) is 9.63. The Morgan fingerprint density at radius 2 is 1.94 bits per heavy atom. The lowest BCUT2D eigenvalue weighted by Gasteiger charge is -2.15. The first-order valence-corrected chi connectivity index (χ1v) is 10.4. The molecule has 0 radical (unpaired) electrons. The summed E-state index contributed by atoms with van der Waals surface area (Å²) in [6.07, 6.45) is 0.707. The van der Waals surface area contributed by atoms with Gasteiger partial charge in [0, 0.05) is 24.0 Å². The number of hydrogen-bond donors (Lipinski definition) is 2. The van der Waals surface area contributed by atoms with Crippen LogP contribution in [0.3, 0.4) is 0 Å². The highest BCUT2D eigenvalue weighted by molar-refractivity contribution is 5.98. The number of rotatable bonds is 5. The molecule has 1 atom stereocenters. The minimum atomic E-state index is -0.403. The summed E-state index contributed by atoms with van der Waals surface area (Å²) in [6, 6.07) is 12.4. The van der Waals surface area contributed by atoms with E-state index in [2.05, 4.69) is 55.2 Å². The molecule has 31 heavy (non-hydrogen) atoms. The predicted molar refractivity (Wildman–Crippen MR) is 118 cm³/mol. The number of nitrogens with two attached hydrogens (primary N) is 1. The van der Waals surface area contributed by atoms with Crippen molar-refractivity contribution in [3.05, 3.63) is 47.0 Å². The Labute approximate surface area is 182 Å². The molecule has 2 heterocycles. The first kappa shape index (κ1) is 22.3. The van der Waals surface area contributed by atoms with Crippen molar-refractivity contribution < 1.29 is 19.1 Å². The lowest BCUT2D eigenvalue weighted by molar-refractivity contribution is -0.118. The number of ether oxygens (including phenoxy) is 2. The zero-order chi connectivity index (χ0) is 22.5. The van der Waals surface area contributed by atoms with Crippen molar-refractivity contribution in [2.24, 2.45) is 5.73 Å². The average molecular weight is 421 g/mol. The maximum absolute atomic E-state index is 12.1. The van der Waals surface area contributed by atoms with E-state index < -0.39 is 6.10 Å². The Bertz CT molecular complexity index is 1020. The number of nitrogens with one attached hydrogen (secondary N) is 1. The number of anilines is 1. The molecule has 1 fully saturated rings. The van der Waals surface area contributed by atoms with Gasteiger partial charge in [0.2, 0.25) is 5.91 Å². The molecule has 2 aliphatic heterocycles. The summed E-state index contributed by atoms with van der Waals surface area (Å²) in [6.45, 7) is 7.02. The van der Waals surface area contributed by atoms with Gasteiger partial charge in [0.25, 0.3) is 5.91 Å². The highest BCUT2D eigenvalue weighted by Crippen LogP contribution is 2.42. The molecule has 2 aromatic carbocycles. The van der Waals surface area contributed by atoms with Crippen LogP contribution in [0, 0.1) is 11.3 Å². The highest BCUT2D eigenvalue weighted by Gasteiger charge is 2.33. The third-order valence-electron chi connectivity index (χ3n) is 5.21. The number of fused-ring (bicyclic) bond motifs is 1. The summed E-state index contributed by atoms with van der Waals surface area (Å²) in [5.74, 6) is 0.756. The second-order valence-electron chi connectivity index (χ2n) is 7.77. The summed E-state index contributed by atoms with van der Waals surface area (Å²) in [5, 5.41) is 12.5. The molecule has 0 spiro atoms. The van der Waals surface area contributed by atoms with Gasteiger partial charge in [0.15, 0.2) is 6.10 Å². The Kier molecular flexibility index (Phi) is 6.93. The maximum Gasteiger partial charge on any atom is 0.255 e. The summed E-state index contributed by atoms with van der Waals surface area (Å²) in [5.41, 5.74) is 9.70. The monoisotopic (exact) mass is 421 g/mol. The zero-order valence-electron chi connectivity index (χ0n) is 18.0. The lowest BCUT2D eigenvalue weighted by atomic mass is 9.94. The van der Waals surface area contributed by atoms with Gasteiger partial charge in [-0.05, 0) is 23.1 Å². The van der Waals surface area contributed by atoms with E-state index in [1.807, 2.05) is 6.07 Å². The summed E-state index contributed by atoms with van der Waals surface area (Å²) >= 11 is 0. The molecular weight excluding hydrogens is 394 g/mol. The number of epoxide rings is 1. The van der Waals surface area contributed by atoms with Gasteiger partial charge in [-0.25, -0.2) is 0 Å². The molecule has 1 saturated heterocycles. The van der Waals surface area contributed by atoms with Gasteiger partial charge in [-0.2, -0.15) is 5.26 Å². The molecule has 7 nitrogen and oxygen atoms in total. The van der Waals surface area contributed by atoms with Crippen LogP contribution in [-0.4, -0.2) is 31.1 Å². The van der Waals surface area contributed by atoms with E-state index in [-0.39, 0.29) is 11.8 Å². The van der Waals surface area contributed by atoms with Crippen molar-refractivity contribution in [3.63, 3.8) is 0 Å². The van der Waals surface area contributed by atoms with Gasteiger partial charge in [0.05, 0.1) is 24.5 Å². The topological polar surface area (TPSA) is 118 Å². The van der Waals surface area contributed by atoms with Crippen molar-refractivity contribution in [1.29, 1.82) is 5.26 Å². The molecule has 0 bridgehead atoms. The van der Waals surface area contributed by atoms with Crippen molar-refractivity contribution in [2.75, 3.05) is 18.5 Å². The first-order valence-electron chi connectivity index (χ1n) is 10.4. The normalized spacial score (nSPS) is 15.8. The van der Waals surface area contributed by atoms with Gasteiger partial charge in [0.1, 0.15) is 11.8 Å². The minimum Gasteiger partial charge on any atom is -0.492 e. The number of hydrogen-bond acceptors (Lipinski definition) is 5. The third-order valence-corrected chi connectivity index (χ3v) is 5.21. The molecule has 3 N–H and O–H groups in total. The van der Waals surface area contributed by atoms with Crippen molar-refractivity contribution in [2.45, 2.75) is 45.6 Å². The number of primary amides is 1. The molecule has 2 aliphatic rings. The van der Waals surface area contributed by atoms with Gasteiger partial charge < -0.3 is 20.5 Å². The fraction of sp³-hybridized carbons (Fsp3) is 0.375. The number of nitrogens with zero attached hydrogens (tertiary/aromatic N) is 1. The molecule has 0 aromatic heterocycles. The molecule has 4 rings (SSSR count). The number of carbonyl (C=O) groups is 2. The maximum atomic E-state index is 12.1. The third kappa shape index (κ3) is 5.22. The van der Waals surface area contributed by atoms with E-state index in [1.54, 1.807) is 6.92 Å². The number of benzene rings is 2. The second-order valence-corrected chi connectivity index (χ2v) is 7.77. The first-order chi connectivity index (χ1) is 14.8. The van der Waals surface area contributed by atoms with E-state index in [0.717, 1.165) is 22.4 Å². The molecule has 7 heteroatoms. The van der Waals surface area contributed by atoms with E-state index in [4.69, 9.17) is 9.47 Å². The highest BCUT2D eigenvalue weighted by atomic mass is 16.6. The van der Waals surface area contributed by atoms with E-state index in [9.17, 15) is 14.9 Å². The Morgan fingerprint density at radius 1 is 1.29 bits per heavy atom. The number of nitriles is 1. The van der Waals surface area contributed by atoms with Gasteiger partial charge in [-0.3, -0.25) is 9.59 Å². The standard InChI is InChI=1S/C21H20N2O3.C3H7NO/c1-12(2)13-3-5-14(6-4-13)16-9-18(23-21(24)19-11-26-19)17(10-22)15-7-8-25-20(15)16;1-2-3(4)5/h3-6,9,12,19H,7-8,11H2,1-2H3,(H,23,24);2H2,1H3,(H2,4,5). The predicted octanol–water partition coefficient (Wildman–Crippen LogP) is 3.50. The molecule has 0 aliphatic carbocycles. The van der Waals surface area contributed by atoms with Crippen LogP contribution in [0.2, 0.25) is 0 Å². The van der Waals surface area contributed by atoms with Crippen molar-refractivity contribution in [1.82, 2.24) is 0 Å². The van der Waals surface area contributed by atoms with E-state index in [1.165, 1.54) is 5.56 Å². The smallest absolute Gasteiger partial charge is 0.255 e. The fourth-order valence-electron chi connectivity index (χ4n) is 3.28. The molecule has 1 unspecified atom stereocenters. The number of amides is 2. The van der Waals surface area contributed by atoms with Crippen molar-refractivity contribution >= 4 is 17.5 Å². The van der Waals surface area contributed by atoms with Crippen LogP contribution in [0.15, 0.2) is 30.3 Å². The molecule has 162 valence electrons. The Morgan fingerprint density at radius 3 is 2.45 bits per heavy atom. The number of carbonyl (C=O) groups excluding carboxylic acids is 2. The van der Waals surface area contributed by atoms with Crippen molar-refractivity contribution in [3.8, 4) is 22.9 Å². The van der Waals surface area contributed by atoms with E-state index in [0.29, 0.717) is 43.2 Å². The van der Waals surface area contributed by atoms with Gasteiger partial charge in [-0.15, -0.1) is 0 Å². The van der Waals surface area contributed by atoms with Crippen LogP contribution in [-0.2, 0) is 20.7 Å². The van der Waals surface area contributed by atoms with Crippen LogP contribution in [0.5, 0.6) is 5.75 Å². The summed E-state index contributed by atoms with van der Waals surface area (Å²) in [7, 11) is 0. The van der Waals surface area contributed by atoms with Crippen LogP contribution < -0.4 is 15.8 Å². The molecule has 2 amide bonds. The fourth-order valence-corrected chi connectivity index (χ4v) is 3.28. The molecular formula is C24H27N3O4. The summed E-state index contributed by atoms with van der Waals surface area (Å²) in [4.78, 5) is 21.7. The van der Waals surface area contributed by atoms with Crippen LogP contribution >= 0.6 is 0 Å². The average Bonchev–Trinajstić information content (AvgIpc) is 3.51. The SMILES string of the molecule is CC(C)c1ccc(-c2cc(NC(=O)C3CO3)c(C#N)c3c2OCC3)cc1.CCC(N)=O. The Hall–Kier alpha value is -3.37. The zero-order valence-corrected chi connectivity index (χ0v) is 18.0. The van der Waals surface area contributed by atoms with E-state index >= 15 is 0 Å². The Balaban J connectivity index is 0.000000491. The lowest BCUT2D eigenvalue weighted by Crippen LogP contribution is -2.19. The van der Waals surface area contributed by atoms with Gasteiger partial charge >= 0.3 is 0 Å². The van der Waals surface area contributed by atoms with Gasteiger partial charge in [-0.1, -0.05) is 45.0 Å². The molecule has 0 saturated carbocycles. The summed E-state index contributed by atoms with van der Waals surface area (Å²) < 4.78 is 10.9. The molecule has 2 aromatic rings. The minimum absolute atomic E-state index is 0.207. The van der Waals surface area contributed by atoms with Crippen LogP contribution in [0.1, 0.15) is 49.8 Å². The van der Waals surface area contributed by atoms with Crippen LogP contribution in [0.4, 0.5) is 5.69 Å². The quantitative estimate of drug-likeness (QED) is 0.717. The van der Waals surface area contributed by atoms with Crippen LogP contribution in [0.25, 0.3) is 11.1 Å². The largest absolute Gasteiger partial charge is 0.492 e.